The van der Waals surface area contributed by atoms with Gasteiger partial charge in [0.05, 0.1) is 18.8 Å². The summed E-state index contributed by atoms with van der Waals surface area (Å²) in [6.07, 6.45) is -6.53. The maximum absolute atomic E-state index is 14.4. The van der Waals surface area contributed by atoms with Crippen LogP contribution in [0.4, 0.5) is 0 Å². The topological polar surface area (TPSA) is 682 Å². The Kier molecular flexibility index (Phi) is 37.3. The van der Waals surface area contributed by atoms with Crippen LogP contribution >= 0.6 is 12.6 Å². The second kappa shape index (κ2) is 43.6. The lowest BCUT2D eigenvalue weighted by Gasteiger charge is -2.28. The number of hydrogen-bond donors (Lipinski definition) is 24. The van der Waals surface area contributed by atoms with Crippen molar-refractivity contribution in [2.24, 2.45) is 50.3 Å². The molecule has 39 nitrogen and oxygen atoms in total. The zero-order valence-electron chi connectivity index (χ0n) is 55.1. The standard InChI is InChI=1S/C60H92N18O21S/c1-28(2)46(58(98)99)77-52(92)35(7-5-23-68-60(65)66)70-53(93)40(25-31-10-14-33(82)15-11-31)74-57(97)47(29(3)80)78-55(95)41(26-79)75-56(96)42(27-100)76-54(94)39(24-30-8-12-32(81)13-9-30)73-51(91)36(16-19-43(62)83)71-50(90)38(18-21-45(86)87)72-49(89)37(17-20-44(84)85)69-48(88)34(61)6-4-22-67-59(63)64/h8-15,28-29,34-42,46-47,79-82,100H,4-7,16-27,61H2,1-3H3,(H2,62,83)(H,69,88)(H,70,93)(H,71,90)(H,72,89)(H,73,91)(H,74,97)(H,75,96)(H,76,94)(H,77,92)(H,78,95)(H,84,85)(H,86,87)(H,98,99)(H4,63,64,67)(H4,65,66,68)/t29-,34+,35+,36+,37+,38+,39+,40+,41+,42+,46+,47+/m1/s1. The molecule has 0 bridgehead atoms. The van der Waals surface area contributed by atoms with Gasteiger partial charge in [0.15, 0.2) is 11.9 Å². The number of aliphatic imine (C=N–C) groups is 2. The number of carbonyl (C=O) groups excluding carboxylic acids is 11. The maximum atomic E-state index is 14.4. The van der Waals surface area contributed by atoms with Gasteiger partial charge in [-0.25, -0.2) is 4.79 Å². The van der Waals surface area contributed by atoms with E-state index >= 15 is 0 Å². The Morgan fingerprint density at radius 1 is 0.430 bits per heavy atom. The molecular formula is C60H92N18O21S. The van der Waals surface area contributed by atoms with Gasteiger partial charge in [0.25, 0.3) is 0 Å². The molecule has 0 aliphatic carbocycles. The third kappa shape index (κ3) is 32.2. The van der Waals surface area contributed by atoms with E-state index < -0.39 is 219 Å². The van der Waals surface area contributed by atoms with Crippen molar-refractivity contribution in [3.8, 4) is 11.5 Å². The summed E-state index contributed by atoms with van der Waals surface area (Å²) < 4.78 is 0. The van der Waals surface area contributed by atoms with E-state index in [1.165, 1.54) is 62.4 Å². The van der Waals surface area contributed by atoms with E-state index in [4.69, 9.17) is 34.4 Å². The highest BCUT2D eigenvalue weighted by Crippen LogP contribution is 2.16. The first kappa shape index (κ1) is 85.5. The second-order valence-corrected chi connectivity index (χ2v) is 23.6. The molecule has 29 N–H and O–H groups in total. The van der Waals surface area contributed by atoms with Crippen LogP contribution in [0.25, 0.3) is 0 Å². The highest BCUT2D eigenvalue weighted by molar-refractivity contribution is 7.80. The Labute approximate surface area is 578 Å². The molecule has 12 atom stereocenters. The summed E-state index contributed by atoms with van der Waals surface area (Å²) in [5, 5.41) is 93.4. The average molecular weight is 1430 g/mol. The van der Waals surface area contributed by atoms with Crippen LogP contribution in [-0.4, -0.2) is 229 Å². The quantitative estimate of drug-likeness (QED) is 0.0127. The van der Waals surface area contributed by atoms with Gasteiger partial charge in [-0.3, -0.25) is 72.3 Å². The van der Waals surface area contributed by atoms with Crippen LogP contribution in [0.1, 0.15) is 96.1 Å². The molecule has 2 aromatic carbocycles. The molecule has 0 heterocycles. The summed E-state index contributed by atoms with van der Waals surface area (Å²) in [7, 11) is 0. The van der Waals surface area contributed by atoms with Crippen molar-refractivity contribution in [3.05, 3.63) is 59.7 Å². The number of primary amides is 1. The van der Waals surface area contributed by atoms with Crippen LogP contribution in [0, 0.1) is 5.92 Å². The van der Waals surface area contributed by atoms with E-state index in [0.29, 0.717) is 5.56 Å². The SMILES string of the molecule is CC(C)[C@H](NC(=O)[C@H](CCCN=C(N)N)NC(=O)[C@H](Cc1ccc(O)cc1)NC(=O)[C@@H](NC(=O)[C@H](CO)NC(=O)[C@H](CS)NC(=O)[C@H](Cc1ccc(O)cc1)NC(=O)[C@H](CCC(N)=O)NC(=O)[C@H](CCC(=O)O)NC(=O)[C@H](CCC(=O)O)NC(=O)[C@@H](N)CCCN=C(N)N)[C@@H](C)O)C(=O)O. The van der Waals surface area contributed by atoms with Gasteiger partial charge in [0, 0.05) is 50.9 Å². The molecule has 0 unspecified atom stereocenters. The number of carbonyl (C=O) groups is 14. The van der Waals surface area contributed by atoms with Crippen LogP contribution in [0.2, 0.25) is 0 Å². The van der Waals surface area contributed by atoms with Crippen molar-refractivity contribution >= 4 is 107 Å². The molecule has 2 rings (SSSR count). The Morgan fingerprint density at radius 3 is 1.14 bits per heavy atom. The van der Waals surface area contributed by atoms with Gasteiger partial charge >= 0.3 is 17.9 Å². The molecular weight excluding hydrogens is 1340 g/mol. The summed E-state index contributed by atoms with van der Waals surface area (Å²) in [4.78, 5) is 195. The number of carboxylic acid groups (broad SMARTS) is 3. The number of guanidine groups is 2. The monoisotopic (exact) mass is 1430 g/mol. The van der Waals surface area contributed by atoms with Gasteiger partial charge in [-0.1, -0.05) is 38.1 Å². The number of aromatic hydroxyl groups is 2. The summed E-state index contributed by atoms with van der Waals surface area (Å²) in [6, 6.07) is -8.31. The Hall–Kier alpha value is -10.6. The van der Waals surface area contributed by atoms with Crippen molar-refractivity contribution in [1.29, 1.82) is 0 Å². The van der Waals surface area contributed by atoms with Gasteiger partial charge in [-0.2, -0.15) is 12.6 Å². The van der Waals surface area contributed by atoms with E-state index in [9.17, 15) is 103 Å². The van der Waals surface area contributed by atoms with Crippen LogP contribution in [0.5, 0.6) is 11.5 Å². The zero-order chi connectivity index (χ0) is 75.5. The lowest BCUT2D eigenvalue weighted by Crippen LogP contribution is -2.63. The molecule has 0 saturated heterocycles. The number of carboxylic acids is 3. The van der Waals surface area contributed by atoms with Crippen molar-refractivity contribution in [2.75, 3.05) is 25.4 Å². The molecule has 0 aliphatic heterocycles. The number of thiol groups is 1. The third-order valence-electron chi connectivity index (χ3n) is 14.7. The lowest BCUT2D eigenvalue weighted by molar-refractivity contribution is -0.143. The zero-order valence-corrected chi connectivity index (χ0v) is 56.0. The molecule has 0 aromatic heterocycles. The number of nitrogens with two attached hydrogens (primary N) is 6. The molecule has 0 saturated carbocycles. The number of nitrogens with zero attached hydrogens (tertiary/aromatic N) is 2. The molecule has 554 valence electrons. The highest BCUT2D eigenvalue weighted by atomic mass is 32.1. The van der Waals surface area contributed by atoms with Crippen LogP contribution in [-0.2, 0) is 80.0 Å². The number of nitrogens with one attached hydrogen (secondary N) is 10. The largest absolute Gasteiger partial charge is 0.508 e. The Morgan fingerprint density at radius 2 is 0.760 bits per heavy atom. The normalized spacial score (nSPS) is 14.6. The summed E-state index contributed by atoms with van der Waals surface area (Å²) in [5.74, 6) is -19.0. The van der Waals surface area contributed by atoms with Crippen molar-refractivity contribution < 1.29 is 103 Å². The molecule has 11 amide bonds. The Bertz CT molecular complexity index is 3210. The number of rotatable bonds is 46. The number of phenolic OH excluding ortho intramolecular Hbond substituents is 2. The first-order valence-corrected chi connectivity index (χ1v) is 31.9. The summed E-state index contributed by atoms with van der Waals surface area (Å²) >= 11 is 4.17. The number of amides is 11. The van der Waals surface area contributed by atoms with E-state index in [0.717, 1.165) is 6.92 Å². The van der Waals surface area contributed by atoms with E-state index in [1.54, 1.807) is 0 Å². The number of benzene rings is 2. The van der Waals surface area contributed by atoms with Gasteiger partial charge in [0.1, 0.15) is 71.9 Å². The number of hydrogen-bond acceptors (Lipinski definition) is 22. The van der Waals surface area contributed by atoms with Gasteiger partial charge in [0.2, 0.25) is 65.0 Å². The van der Waals surface area contributed by atoms with Crippen LogP contribution in [0.15, 0.2) is 58.5 Å². The fraction of sp³-hybridized carbons (Fsp3) is 0.533. The van der Waals surface area contributed by atoms with Crippen LogP contribution in [0.3, 0.4) is 0 Å². The molecule has 0 aliphatic rings. The maximum Gasteiger partial charge on any atom is 0.326 e. The minimum Gasteiger partial charge on any atom is -0.508 e. The average Bonchev–Trinajstić information content (AvgIpc) is 0.856. The predicted octanol–water partition coefficient (Wildman–Crippen LogP) is -7.80. The number of aliphatic carboxylic acids is 3. The first-order chi connectivity index (χ1) is 47.0. The molecule has 0 radical (unpaired) electrons. The number of phenols is 2. The summed E-state index contributed by atoms with van der Waals surface area (Å²) in [6.45, 7) is 2.95. The van der Waals surface area contributed by atoms with E-state index in [2.05, 4.69) is 75.8 Å². The third-order valence-corrected chi connectivity index (χ3v) is 15.1. The summed E-state index contributed by atoms with van der Waals surface area (Å²) in [5.41, 5.74) is 33.5. The molecule has 40 heteroatoms. The first-order valence-electron chi connectivity index (χ1n) is 31.3. The fourth-order valence-corrected chi connectivity index (χ4v) is 9.45. The van der Waals surface area contributed by atoms with Gasteiger partial charge in [-0.15, -0.1) is 0 Å². The minimum absolute atomic E-state index is 0.0115. The van der Waals surface area contributed by atoms with Crippen LogP contribution < -0.4 is 87.6 Å². The van der Waals surface area contributed by atoms with Crippen molar-refractivity contribution in [2.45, 2.75) is 170 Å². The molecule has 0 fully saturated rings. The predicted molar refractivity (Wildman–Crippen MR) is 358 cm³/mol. The molecule has 2 aromatic rings. The smallest absolute Gasteiger partial charge is 0.326 e. The Balaban J connectivity index is 2.50. The minimum atomic E-state index is -1.99. The number of aliphatic hydroxyl groups excluding tert-OH is 2. The molecule has 0 spiro atoms. The van der Waals surface area contributed by atoms with Crippen molar-refractivity contribution in [1.82, 2.24) is 53.2 Å². The van der Waals surface area contributed by atoms with Crippen molar-refractivity contribution in [3.63, 3.8) is 0 Å². The molecule has 100 heavy (non-hydrogen) atoms. The number of aliphatic hydroxyl groups is 2. The van der Waals surface area contributed by atoms with E-state index in [1.807, 2.05) is 0 Å². The van der Waals surface area contributed by atoms with Gasteiger partial charge < -0.3 is 123 Å². The second-order valence-electron chi connectivity index (χ2n) is 23.3. The highest BCUT2D eigenvalue weighted by Gasteiger charge is 2.38. The lowest BCUT2D eigenvalue weighted by atomic mass is 10.0. The van der Waals surface area contributed by atoms with E-state index in [-0.39, 0.29) is 74.2 Å². The fourth-order valence-electron chi connectivity index (χ4n) is 9.19. The van der Waals surface area contributed by atoms with Gasteiger partial charge in [-0.05, 0) is 93.2 Å².